The number of carbonyl (C=O) groups is 1. The van der Waals surface area contributed by atoms with Crippen molar-refractivity contribution in [2.75, 3.05) is 44.3 Å². The van der Waals surface area contributed by atoms with E-state index < -0.39 is 0 Å². The third-order valence-corrected chi connectivity index (χ3v) is 5.66. The third-order valence-electron chi connectivity index (χ3n) is 5.66. The smallest absolute Gasteiger partial charge is 0.259 e. The molecule has 9 nitrogen and oxygen atoms in total. The molecule has 1 amide bonds. The van der Waals surface area contributed by atoms with Crippen molar-refractivity contribution in [3.05, 3.63) is 42.0 Å². The van der Waals surface area contributed by atoms with Crippen LogP contribution in [0.15, 0.2) is 35.2 Å². The van der Waals surface area contributed by atoms with Gasteiger partial charge in [0.25, 0.3) is 5.91 Å². The monoisotopic (exact) mass is 409 g/mol. The molecular weight excluding hydrogens is 386 g/mol. The van der Waals surface area contributed by atoms with Crippen molar-refractivity contribution in [3.8, 4) is 5.88 Å². The summed E-state index contributed by atoms with van der Waals surface area (Å²) in [6, 6.07) is 6.11. The number of piperazine rings is 1. The lowest BCUT2D eigenvalue weighted by atomic mass is 10.1. The predicted molar refractivity (Wildman–Crippen MR) is 109 cm³/mol. The molecule has 9 heteroatoms. The van der Waals surface area contributed by atoms with Gasteiger partial charge in [0.15, 0.2) is 0 Å². The summed E-state index contributed by atoms with van der Waals surface area (Å²) in [5.74, 6) is 1.11. The topological polar surface area (TPSA) is 93.8 Å². The summed E-state index contributed by atoms with van der Waals surface area (Å²) in [4.78, 5) is 25.5. The largest absolute Gasteiger partial charge is 0.471 e. The Morgan fingerprint density at radius 3 is 2.80 bits per heavy atom. The normalized spacial score (nSPS) is 19.4. The molecule has 2 saturated heterocycles. The van der Waals surface area contributed by atoms with E-state index in [4.69, 9.17) is 14.0 Å². The van der Waals surface area contributed by atoms with Gasteiger partial charge in [0.2, 0.25) is 5.88 Å². The molecule has 4 heterocycles. The van der Waals surface area contributed by atoms with E-state index in [0.717, 1.165) is 42.7 Å². The predicted octanol–water partition coefficient (Wildman–Crippen LogP) is 2.06. The number of fused-ring (bicyclic) bond motifs is 1. The van der Waals surface area contributed by atoms with E-state index in [2.05, 4.69) is 32.2 Å². The molecule has 2 aliphatic heterocycles. The molecule has 1 unspecified atom stereocenters. The van der Waals surface area contributed by atoms with E-state index in [0.29, 0.717) is 36.9 Å². The zero-order valence-electron chi connectivity index (χ0n) is 16.8. The van der Waals surface area contributed by atoms with Crippen molar-refractivity contribution < 1.29 is 18.8 Å². The molecular formula is C21H23N5O4. The van der Waals surface area contributed by atoms with Crippen molar-refractivity contribution in [2.24, 2.45) is 0 Å². The van der Waals surface area contributed by atoms with Crippen LogP contribution in [0.2, 0.25) is 0 Å². The van der Waals surface area contributed by atoms with Crippen LogP contribution in [0.3, 0.4) is 0 Å². The van der Waals surface area contributed by atoms with Crippen molar-refractivity contribution >= 4 is 22.5 Å². The van der Waals surface area contributed by atoms with Gasteiger partial charge in [-0.05, 0) is 25.1 Å². The van der Waals surface area contributed by atoms with Gasteiger partial charge in [-0.25, -0.2) is 9.97 Å². The maximum atomic E-state index is 12.7. The van der Waals surface area contributed by atoms with Crippen molar-refractivity contribution in [3.63, 3.8) is 0 Å². The Bertz CT molecular complexity index is 1050. The van der Waals surface area contributed by atoms with Gasteiger partial charge in [-0.15, -0.1) is 0 Å². The number of amides is 1. The molecule has 0 N–H and O–H groups in total. The zero-order chi connectivity index (χ0) is 20.5. The second-order valence-electron chi connectivity index (χ2n) is 7.56. The van der Waals surface area contributed by atoms with E-state index >= 15 is 0 Å². The Labute approximate surface area is 173 Å². The molecule has 30 heavy (non-hydrogen) atoms. The summed E-state index contributed by atoms with van der Waals surface area (Å²) in [5, 5.41) is 4.60. The number of rotatable bonds is 4. The number of benzene rings is 1. The molecule has 1 atom stereocenters. The summed E-state index contributed by atoms with van der Waals surface area (Å²) < 4.78 is 16.5. The summed E-state index contributed by atoms with van der Waals surface area (Å²) in [7, 11) is 0. The number of hydrogen-bond acceptors (Lipinski definition) is 8. The van der Waals surface area contributed by atoms with E-state index in [1.54, 1.807) is 6.92 Å². The third kappa shape index (κ3) is 3.56. The maximum Gasteiger partial charge on any atom is 0.259 e. The number of aromatic nitrogens is 3. The Kier molecular flexibility index (Phi) is 4.96. The van der Waals surface area contributed by atoms with Gasteiger partial charge in [0.1, 0.15) is 23.8 Å². The molecule has 2 aromatic heterocycles. The van der Waals surface area contributed by atoms with Gasteiger partial charge >= 0.3 is 0 Å². The van der Waals surface area contributed by atoms with Crippen molar-refractivity contribution in [1.29, 1.82) is 0 Å². The van der Waals surface area contributed by atoms with Crippen LogP contribution in [0.5, 0.6) is 5.88 Å². The average Bonchev–Trinajstić information content (AvgIpc) is 3.45. The van der Waals surface area contributed by atoms with Crippen LogP contribution < -0.4 is 9.64 Å². The van der Waals surface area contributed by atoms with E-state index in [-0.39, 0.29) is 12.0 Å². The second-order valence-corrected chi connectivity index (χ2v) is 7.56. The standard InChI is InChI=1S/C21H23N5O4/c1-14-18(11-24-30-14)21(27)26-7-5-25(6-8-26)15-2-3-19-17(10-15)20(23-13-22-19)29-16-4-9-28-12-16/h2-3,10-11,13,16H,4-9,12H2,1H3. The first-order chi connectivity index (χ1) is 14.7. The van der Waals surface area contributed by atoms with Gasteiger partial charge < -0.3 is 23.8 Å². The lowest BCUT2D eigenvalue weighted by Gasteiger charge is -2.36. The molecule has 2 fully saturated rings. The van der Waals surface area contributed by atoms with Crippen LogP contribution in [0.1, 0.15) is 22.5 Å². The zero-order valence-corrected chi connectivity index (χ0v) is 16.8. The minimum absolute atomic E-state index is 0.0298. The Morgan fingerprint density at radius 1 is 1.20 bits per heavy atom. The average molecular weight is 409 g/mol. The van der Waals surface area contributed by atoms with Crippen LogP contribution in [-0.4, -0.2) is 71.4 Å². The molecule has 156 valence electrons. The maximum absolute atomic E-state index is 12.7. The summed E-state index contributed by atoms with van der Waals surface area (Å²) in [6.45, 7) is 5.81. The highest BCUT2D eigenvalue weighted by Gasteiger charge is 2.25. The molecule has 1 aromatic carbocycles. The molecule has 5 rings (SSSR count). The number of ether oxygens (including phenoxy) is 2. The number of aryl methyl sites for hydroxylation is 1. The lowest BCUT2D eigenvalue weighted by molar-refractivity contribution is 0.0745. The fraction of sp³-hybridized carbons (Fsp3) is 0.429. The minimum atomic E-state index is -0.0326. The van der Waals surface area contributed by atoms with Crippen molar-refractivity contribution in [2.45, 2.75) is 19.4 Å². The molecule has 0 saturated carbocycles. The van der Waals surface area contributed by atoms with Crippen LogP contribution in [-0.2, 0) is 4.74 Å². The molecule has 0 spiro atoms. The highest BCUT2D eigenvalue weighted by molar-refractivity contribution is 5.95. The Hall–Kier alpha value is -3.20. The number of carbonyl (C=O) groups excluding carboxylic acids is 1. The van der Waals surface area contributed by atoms with Crippen LogP contribution in [0, 0.1) is 6.92 Å². The van der Waals surface area contributed by atoms with Crippen molar-refractivity contribution in [1.82, 2.24) is 20.0 Å². The van der Waals surface area contributed by atoms with E-state index in [1.165, 1.54) is 12.5 Å². The summed E-state index contributed by atoms with van der Waals surface area (Å²) >= 11 is 0. The van der Waals surface area contributed by atoms with Gasteiger partial charge in [-0.1, -0.05) is 5.16 Å². The number of hydrogen-bond donors (Lipinski definition) is 0. The number of anilines is 1. The molecule has 2 aliphatic rings. The van der Waals surface area contributed by atoms with Gasteiger partial charge in [0.05, 0.1) is 30.3 Å². The Balaban J connectivity index is 1.32. The first-order valence-corrected chi connectivity index (χ1v) is 10.1. The van der Waals surface area contributed by atoms with E-state index in [1.807, 2.05) is 11.0 Å². The highest BCUT2D eigenvalue weighted by atomic mass is 16.5. The van der Waals surface area contributed by atoms with Gasteiger partial charge in [0, 0.05) is 38.3 Å². The summed E-state index contributed by atoms with van der Waals surface area (Å²) in [5.41, 5.74) is 2.45. The second kappa shape index (κ2) is 7.91. The van der Waals surface area contributed by atoms with E-state index in [9.17, 15) is 4.79 Å². The SMILES string of the molecule is Cc1oncc1C(=O)N1CCN(c2ccc3ncnc(OC4CCOC4)c3c2)CC1. The van der Waals surface area contributed by atoms with Crippen LogP contribution in [0.4, 0.5) is 5.69 Å². The number of nitrogens with zero attached hydrogens (tertiary/aromatic N) is 5. The lowest BCUT2D eigenvalue weighted by Crippen LogP contribution is -2.48. The quantitative estimate of drug-likeness (QED) is 0.646. The fourth-order valence-corrected chi connectivity index (χ4v) is 3.92. The van der Waals surface area contributed by atoms with Gasteiger partial charge in [-0.2, -0.15) is 0 Å². The fourth-order valence-electron chi connectivity index (χ4n) is 3.92. The molecule has 0 aliphatic carbocycles. The van der Waals surface area contributed by atoms with Crippen LogP contribution in [0.25, 0.3) is 10.9 Å². The Morgan fingerprint density at radius 2 is 2.07 bits per heavy atom. The molecule has 0 radical (unpaired) electrons. The minimum Gasteiger partial charge on any atom is -0.471 e. The molecule has 0 bridgehead atoms. The highest BCUT2D eigenvalue weighted by Crippen LogP contribution is 2.29. The first-order valence-electron chi connectivity index (χ1n) is 10.1. The van der Waals surface area contributed by atoms with Crippen LogP contribution >= 0.6 is 0 Å². The summed E-state index contributed by atoms with van der Waals surface area (Å²) in [6.07, 6.45) is 3.92. The first kappa shape index (κ1) is 18.8. The molecule has 3 aromatic rings. The van der Waals surface area contributed by atoms with Gasteiger partial charge in [-0.3, -0.25) is 4.79 Å².